The van der Waals surface area contributed by atoms with E-state index in [0.717, 1.165) is 5.56 Å². The van der Waals surface area contributed by atoms with Gasteiger partial charge in [0.1, 0.15) is 0 Å². The molecule has 7 nitrogen and oxygen atoms in total. The van der Waals surface area contributed by atoms with Gasteiger partial charge in [-0.2, -0.15) is 4.31 Å². The Bertz CT molecular complexity index is 794. The minimum Gasteiger partial charge on any atom is -0.330 e. The first-order valence-electron chi connectivity index (χ1n) is 7.44. The van der Waals surface area contributed by atoms with E-state index >= 15 is 0 Å². The Morgan fingerprint density at radius 1 is 1.04 bits per heavy atom. The number of hydrogen-bond donors (Lipinski definition) is 1. The lowest BCUT2D eigenvalue weighted by Crippen LogP contribution is -2.33. The standard InChI is InChI=1S/C16H19N3O4S/c17-11-6-12-18(13-14-7-2-1-3-8-14)24(22,23)16-10-5-4-9-15(16)19(20)21/h1-5,7-10H,6,11-13,17H2. The van der Waals surface area contributed by atoms with Crippen LogP contribution >= 0.6 is 0 Å². The lowest BCUT2D eigenvalue weighted by molar-refractivity contribution is -0.387. The van der Waals surface area contributed by atoms with Gasteiger partial charge in [-0.1, -0.05) is 42.5 Å². The molecule has 0 aromatic heterocycles. The third-order valence-corrected chi connectivity index (χ3v) is 5.39. The maximum Gasteiger partial charge on any atom is 0.289 e. The molecule has 2 rings (SSSR count). The highest BCUT2D eigenvalue weighted by atomic mass is 32.2. The third kappa shape index (κ3) is 4.16. The monoisotopic (exact) mass is 349 g/mol. The fourth-order valence-corrected chi connectivity index (χ4v) is 3.93. The van der Waals surface area contributed by atoms with E-state index in [9.17, 15) is 18.5 Å². The van der Waals surface area contributed by atoms with Crippen molar-refractivity contribution in [3.05, 3.63) is 70.3 Å². The van der Waals surface area contributed by atoms with E-state index in [2.05, 4.69) is 0 Å². The average molecular weight is 349 g/mol. The van der Waals surface area contributed by atoms with E-state index in [4.69, 9.17) is 5.73 Å². The highest BCUT2D eigenvalue weighted by Gasteiger charge is 2.31. The third-order valence-electron chi connectivity index (χ3n) is 3.49. The number of sulfonamides is 1. The molecular weight excluding hydrogens is 330 g/mol. The summed E-state index contributed by atoms with van der Waals surface area (Å²) in [5.74, 6) is 0. The van der Waals surface area contributed by atoms with Crippen LogP contribution in [-0.4, -0.2) is 30.7 Å². The SMILES string of the molecule is NCCCN(Cc1ccccc1)S(=O)(=O)c1ccccc1[N+](=O)[O-]. The van der Waals surface area contributed by atoms with Crippen molar-refractivity contribution in [2.45, 2.75) is 17.9 Å². The van der Waals surface area contributed by atoms with Gasteiger partial charge in [-0.15, -0.1) is 0 Å². The van der Waals surface area contributed by atoms with Crippen LogP contribution in [0.4, 0.5) is 5.69 Å². The summed E-state index contributed by atoms with van der Waals surface area (Å²) >= 11 is 0. The molecule has 0 atom stereocenters. The van der Waals surface area contributed by atoms with Crippen LogP contribution in [0.5, 0.6) is 0 Å². The molecule has 0 amide bonds. The minimum absolute atomic E-state index is 0.134. The zero-order chi connectivity index (χ0) is 17.6. The summed E-state index contributed by atoms with van der Waals surface area (Å²) in [6.45, 7) is 0.659. The predicted molar refractivity (Wildman–Crippen MR) is 90.8 cm³/mol. The average Bonchev–Trinajstić information content (AvgIpc) is 2.59. The highest BCUT2D eigenvalue weighted by Crippen LogP contribution is 2.27. The fraction of sp³-hybridized carbons (Fsp3) is 0.250. The number of nitrogens with zero attached hydrogens (tertiary/aromatic N) is 2. The Labute approximate surface area is 140 Å². The number of nitro groups is 1. The molecule has 2 aromatic carbocycles. The quantitative estimate of drug-likeness (QED) is 0.580. The van der Waals surface area contributed by atoms with Gasteiger partial charge in [-0.25, -0.2) is 8.42 Å². The van der Waals surface area contributed by atoms with E-state index < -0.39 is 20.6 Å². The lowest BCUT2D eigenvalue weighted by Gasteiger charge is -2.22. The number of para-hydroxylation sites is 1. The van der Waals surface area contributed by atoms with Crippen LogP contribution in [0.3, 0.4) is 0 Å². The van der Waals surface area contributed by atoms with E-state index in [1.54, 1.807) is 0 Å². The first kappa shape index (κ1) is 18.1. The Morgan fingerprint density at radius 3 is 2.29 bits per heavy atom. The first-order valence-corrected chi connectivity index (χ1v) is 8.88. The van der Waals surface area contributed by atoms with Gasteiger partial charge >= 0.3 is 0 Å². The summed E-state index contributed by atoms with van der Waals surface area (Å²) in [6, 6.07) is 14.5. The molecule has 0 fully saturated rings. The van der Waals surface area contributed by atoms with Gasteiger partial charge < -0.3 is 5.73 Å². The summed E-state index contributed by atoms with van der Waals surface area (Å²) in [5.41, 5.74) is 5.88. The van der Waals surface area contributed by atoms with Gasteiger partial charge in [0, 0.05) is 19.2 Å². The Morgan fingerprint density at radius 2 is 1.67 bits per heavy atom. The van der Waals surface area contributed by atoms with E-state index in [-0.39, 0.29) is 18.0 Å². The maximum atomic E-state index is 12.9. The molecule has 0 unspecified atom stereocenters. The molecule has 0 aliphatic heterocycles. The van der Waals surface area contributed by atoms with Crippen molar-refractivity contribution in [3.8, 4) is 0 Å². The summed E-state index contributed by atoms with van der Waals surface area (Å²) in [6.07, 6.45) is 0.465. The second kappa shape index (κ2) is 8.00. The second-order valence-electron chi connectivity index (χ2n) is 5.19. The summed E-state index contributed by atoms with van der Waals surface area (Å²) < 4.78 is 27.1. The van der Waals surface area contributed by atoms with Crippen molar-refractivity contribution >= 4 is 15.7 Å². The molecule has 0 spiro atoms. The molecule has 0 saturated heterocycles. The maximum absolute atomic E-state index is 12.9. The zero-order valence-corrected chi connectivity index (χ0v) is 13.9. The molecule has 2 aromatic rings. The van der Waals surface area contributed by atoms with Crippen molar-refractivity contribution < 1.29 is 13.3 Å². The molecule has 0 saturated carbocycles. The molecule has 2 N–H and O–H groups in total. The topological polar surface area (TPSA) is 107 Å². The van der Waals surface area contributed by atoms with Crippen molar-refractivity contribution in [1.82, 2.24) is 4.31 Å². The molecule has 0 aliphatic rings. The van der Waals surface area contributed by atoms with Crippen LogP contribution in [0.2, 0.25) is 0 Å². The fourth-order valence-electron chi connectivity index (χ4n) is 2.30. The molecule has 0 aliphatic carbocycles. The van der Waals surface area contributed by atoms with Crippen molar-refractivity contribution in [1.29, 1.82) is 0 Å². The van der Waals surface area contributed by atoms with Crippen molar-refractivity contribution in [2.75, 3.05) is 13.1 Å². The lowest BCUT2D eigenvalue weighted by atomic mass is 10.2. The van der Waals surface area contributed by atoms with Crippen LogP contribution in [0.25, 0.3) is 0 Å². The van der Waals surface area contributed by atoms with Gasteiger partial charge in [0.2, 0.25) is 10.0 Å². The number of hydrogen-bond acceptors (Lipinski definition) is 5. The van der Waals surface area contributed by atoms with Crippen LogP contribution in [0, 0.1) is 10.1 Å². The molecule has 24 heavy (non-hydrogen) atoms. The molecule has 8 heteroatoms. The van der Waals surface area contributed by atoms with Gasteiger partial charge in [-0.05, 0) is 24.6 Å². The first-order chi connectivity index (χ1) is 11.5. The molecule has 0 radical (unpaired) electrons. The highest BCUT2D eigenvalue weighted by molar-refractivity contribution is 7.89. The predicted octanol–water partition coefficient (Wildman–Crippen LogP) is 2.13. The normalized spacial score (nSPS) is 11.6. The number of nitrogens with two attached hydrogens (primary N) is 1. The van der Waals surface area contributed by atoms with Gasteiger partial charge in [-0.3, -0.25) is 10.1 Å². The summed E-state index contributed by atoms with van der Waals surface area (Å²) in [5, 5.41) is 11.2. The smallest absolute Gasteiger partial charge is 0.289 e. The van der Waals surface area contributed by atoms with E-state index in [0.29, 0.717) is 13.0 Å². The van der Waals surface area contributed by atoms with Crippen LogP contribution < -0.4 is 5.73 Å². The zero-order valence-electron chi connectivity index (χ0n) is 13.0. The van der Waals surface area contributed by atoms with Gasteiger partial charge in [0.05, 0.1) is 4.92 Å². The van der Waals surface area contributed by atoms with E-state index in [1.807, 2.05) is 30.3 Å². The molecule has 128 valence electrons. The molecular formula is C16H19N3O4S. The van der Waals surface area contributed by atoms with Crippen molar-refractivity contribution in [3.63, 3.8) is 0 Å². The number of nitro benzene ring substituents is 1. The summed E-state index contributed by atoms with van der Waals surface area (Å²) in [7, 11) is -4.01. The van der Waals surface area contributed by atoms with Crippen LogP contribution in [-0.2, 0) is 16.6 Å². The molecule has 0 bridgehead atoms. The van der Waals surface area contributed by atoms with Gasteiger partial charge in [0.15, 0.2) is 4.90 Å². The van der Waals surface area contributed by atoms with Crippen LogP contribution in [0.15, 0.2) is 59.5 Å². The summed E-state index contributed by atoms with van der Waals surface area (Å²) in [4.78, 5) is 10.2. The minimum atomic E-state index is -4.01. The van der Waals surface area contributed by atoms with Crippen molar-refractivity contribution in [2.24, 2.45) is 5.73 Å². The number of benzene rings is 2. The Balaban J connectivity index is 2.42. The second-order valence-corrected chi connectivity index (χ2v) is 7.10. The molecule has 0 heterocycles. The Kier molecular flexibility index (Phi) is 6.02. The van der Waals surface area contributed by atoms with Crippen LogP contribution in [0.1, 0.15) is 12.0 Å². The number of rotatable bonds is 8. The largest absolute Gasteiger partial charge is 0.330 e. The van der Waals surface area contributed by atoms with E-state index in [1.165, 1.54) is 28.6 Å². The van der Waals surface area contributed by atoms with Gasteiger partial charge in [0.25, 0.3) is 5.69 Å². The Hall–Kier alpha value is -2.29.